The number of nitrogens with one attached hydrogen (secondary N) is 1. The number of hydrogen-bond acceptors (Lipinski definition) is 2. The van der Waals surface area contributed by atoms with E-state index >= 15 is 0 Å². The van der Waals surface area contributed by atoms with Crippen molar-refractivity contribution in [3.05, 3.63) is 12.7 Å². The maximum absolute atomic E-state index is 10.7. The van der Waals surface area contributed by atoms with Crippen LogP contribution in [0.1, 0.15) is 22.2 Å². The molecular formula is C9H19NO2. The topological polar surface area (TPSA) is 38.3 Å². The Morgan fingerprint density at radius 2 is 2.25 bits per heavy atom. The lowest BCUT2D eigenvalue weighted by atomic mass is 10.2. The van der Waals surface area contributed by atoms with E-state index in [-0.39, 0.29) is 12.9 Å². The fourth-order valence-corrected chi connectivity index (χ4v) is 0.604. The van der Waals surface area contributed by atoms with Crippen LogP contribution in [0.3, 0.4) is 0 Å². The summed E-state index contributed by atoms with van der Waals surface area (Å²) in [4.78, 5) is 10.7. The molecule has 0 atom stereocenters. The molecule has 0 aromatic carbocycles. The maximum atomic E-state index is 10.7. The summed E-state index contributed by atoms with van der Waals surface area (Å²) in [6, 6.07) is 0. The van der Waals surface area contributed by atoms with Crippen LogP contribution in [0.2, 0.25) is 0 Å². The number of rotatable bonds is 4. The molecule has 3 nitrogen and oxygen atoms in total. The van der Waals surface area contributed by atoms with Crippen LogP contribution in [0.4, 0.5) is 0 Å². The van der Waals surface area contributed by atoms with Gasteiger partial charge in [0.05, 0.1) is 12.2 Å². The highest BCUT2D eigenvalue weighted by Gasteiger charge is 2.08. The van der Waals surface area contributed by atoms with Crippen LogP contribution in [0, 0.1) is 0 Å². The molecule has 0 bridgehead atoms. The van der Waals surface area contributed by atoms with E-state index in [2.05, 4.69) is 11.9 Å². The molecule has 0 saturated carbocycles. The summed E-state index contributed by atoms with van der Waals surface area (Å²) in [6.45, 7) is 10.3. The predicted octanol–water partition coefficient (Wildman–Crippen LogP) is 1.35. The minimum absolute atomic E-state index is 0. The molecule has 0 heterocycles. The molecule has 72 valence electrons. The zero-order chi connectivity index (χ0) is 9.61. The van der Waals surface area contributed by atoms with Crippen molar-refractivity contribution < 1.29 is 11.0 Å². The number of carbonyl (C=O) groups is 1. The Morgan fingerprint density at radius 1 is 1.67 bits per heavy atom. The molecular weight excluding hydrogens is 154 g/mol. The fraction of sp³-hybridized carbons (Fsp3) is 0.667. The fourth-order valence-electron chi connectivity index (χ4n) is 0.604. The first-order chi connectivity index (χ1) is 5.45. The molecule has 0 aromatic rings. The Balaban J connectivity index is 0. The summed E-state index contributed by atoms with van der Waals surface area (Å²) < 4.78 is 5.38. The van der Waals surface area contributed by atoms with Crippen LogP contribution in [0.15, 0.2) is 12.7 Å². The van der Waals surface area contributed by atoms with Gasteiger partial charge in [0, 0.05) is 7.97 Å². The van der Waals surface area contributed by atoms with Crippen LogP contribution in [0.25, 0.3) is 0 Å². The van der Waals surface area contributed by atoms with Crippen molar-refractivity contribution in [1.29, 1.82) is 0 Å². The summed E-state index contributed by atoms with van der Waals surface area (Å²) in [5, 5.41) is 2.62. The Morgan fingerprint density at radius 3 is 2.67 bits per heavy atom. The van der Waals surface area contributed by atoms with Gasteiger partial charge in [-0.3, -0.25) is 4.79 Å². The third kappa shape index (κ3) is 7.28. The van der Waals surface area contributed by atoms with E-state index in [1.165, 1.54) is 6.08 Å². The lowest BCUT2D eigenvalue weighted by Gasteiger charge is -2.19. The number of ether oxygens (including phenoxy) is 1. The van der Waals surface area contributed by atoms with Gasteiger partial charge in [-0.05, 0) is 26.8 Å². The molecule has 0 aliphatic carbocycles. The van der Waals surface area contributed by atoms with Gasteiger partial charge in [0.25, 0.3) is 0 Å². The molecule has 0 rings (SSSR count). The Bertz CT molecular complexity index is 163. The zero-order valence-electron chi connectivity index (χ0n) is 8.02. The smallest absolute Gasteiger partial charge is 0.243 e. The van der Waals surface area contributed by atoms with E-state index in [4.69, 9.17) is 4.74 Å². The van der Waals surface area contributed by atoms with Crippen molar-refractivity contribution in [2.45, 2.75) is 26.4 Å². The van der Waals surface area contributed by atoms with Crippen molar-refractivity contribution >= 4 is 5.91 Å². The largest absolute Gasteiger partial charge is 0.374 e. The van der Waals surface area contributed by atoms with Crippen LogP contribution >= 0.6 is 0 Å². The van der Waals surface area contributed by atoms with Crippen LogP contribution in [0.5, 0.6) is 0 Å². The minimum atomic E-state index is -0.160. The van der Waals surface area contributed by atoms with E-state index in [0.29, 0.717) is 13.2 Å². The van der Waals surface area contributed by atoms with Gasteiger partial charge >= 0.3 is 0 Å². The lowest BCUT2D eigenvalue weighted by molar-refractivity contribution is -0.117. The van der Waals surface area contributed by atoms with Crippen molar-refractivity contribution in [3.8, 4) is 0 Å². The first kappa shape index (κ1) is 11.2. The average Bonchev–Trinajstić information content (AvgIpc) is 1.96. The standard InChI is InChI=1S/C9H17NO2.H2/c1-5-8(11)10-6-7-12-9(2,3)4;/h5H,1,6-7H2,2-4H3,(H,10,11);1H. The van der Waals surface area contributed by atoms with Crippen LogP contribution in [-0.4, -0.2) is 24.7 Å². The second-order valence-electron chi connectivity index (χ2n) is 3.46. The molecule has 0 aliphatic heterocycles. The second-order valence-corrected chi connectivity index (χ2v) is 3.46. The van der Waals surface area contributed by atoms with E-state index in [1.807, 2.05) is 20.8 Å². The third-order valence-electron chi connectivity index (χ3n) is 1.12. The average molecular weight is 173 g/mol. The normalized spacial score (nSPS) is 10.9. The lowest BCUT2D eigenvalue weighted by Crippen LogP contribution is -2.29. The van der Waals surface area contributed by atoms with Gasteiger partial charge in [0.1, 0.15) is 0 Å². The molecule has 0 spiro atoms. The Labute approximate surface area is 75.3 Å². The maximum Gasteiger partial charge on any atom is 0.243 e. The Hall–Kier alpha value is -0.830. The molecule has 1 amide bonds. The van der Waals surface area contributed by atoms with Gasteiger partial charge in [0.2, 0.25) is 5.91 Å². The van der Waals surface area contributed by atoms with Gasteiger partial charge < -0.3 is 10.1 Å². The van der Waals surface area contributed by atoms with Crippen molar-refractivity contribution in [2.24, 2.45) is 0 Å². The van der Waals surface area contributed by atoms with E-state index < -0.39 is 0 Å². The predicted molar refractivity (Wildman–Crippen MR) is 51.0 cm³/mol. The first-order valence-electron chi connectivity index (χ1n) is 4.00. The zero-order valence-corrected chi connectivity index (χ0v) is 8.02. The second kappa shape index (κ2) is 4.93. The molecule has 0 saturated heterocycles. The van der Waals surface area contributed by atoms with E-state index in [1.54, 1.807) is 0 Å². The SMILES string of the molecule is C=CC(=O)NCCOC(C)(C)C.[HH]. The molecule has 0 aliphatic rings. The summed E-state index contributed by atoms with van der Waals surface area (Å²) in [5.74, 6) is -0.160. The molecule has 3 heteroatoms. The van der Waals surface area contributed by atoms with Gasteiger partial charge in [-0.15, -0.1) is 0 Å². The van der Waals surface area contributed by atoms with E-state index in [0.717, 1.165) is 0 Å². The molecule has 0 aromatic heterocycles. The van der Waals surface area contributed by atoms with Crippen molar-refractivity contribution in [3.63, 3.8) is 0 Å². The molecule has 12 heavy (non-hydrogen) atoms. The molecule has 0 unspecified atom stereocenters. The van der Waals surface area contributed by atoms with Crippen molar-refractivity contribution in [1.82, 2.24) is 5.32 Å². The van der Waals surface area contributed by atoms with Gasteiger partial charge in [0.15, 0.2) is 0 Å². The van der Waals surface area contributed by atoms with Gasteiger partial charge in [-0.25, -0.2) is 0 Å². The molecule has 0 radical (unpaired) electrons. The number of carbonyl (C=O) groups excluding carboxylic acids is 1. The summed E-state index contributed by atoms with van der Waals surface area (Å²) in [6.07, 6.45) is 1.25. The first-order valence-corrected chi connectivity index (χ1v) is 4.00. The molecule has 0 fully saturated rings. The van der Waals surface area contributed by atoms with Crippen LogP contribution < -0.4 is 5.32 Å². The third-order valence-corrected chi connectivity index (χ3v) is 1.12. The van der Waals surface area contributed by atoms with Crippen LogP contribution in [-0.2, 0) is 9.53 Å². The highest BCUT2D eigenvalue weighted by molar-refractivity contribution is 5.86. The van der Waals surface area contributed by atoms with Gasteiger partial charge in [-0.1, -0.05) is 6.58 Å². The highest BCUT2D eigenvalue weighted by atomic mass is 16.5. The van der Waals surface area contributed by atoms with Gasteiger partial charge in [-0.2, -0.15) is 0 Å². The number of amides is 1. The quantitative estimate of drug-likeness (QED) is 0.515. The van der Waals surface area contributed by atoms with Crippen molar-refractivity contribution in [2.75, 3.05) is 13.2 Å². The molecule has 1 N–H and O–H groups in total. The number of hydrogen-bond donors (Lipinski definition) is 1. The summed E-state index contributed by atoms with van der Waals surface area (Å²) >= 11 is 0. The Kier molecular flexibility index (Phi) is 4.59. The summed E-state index contributed by atoms with van der Waals surface area (Å²) in [7, 11) is 0. The van der Waals surface area contributed by atoms with E-state index in [9.17, 15) is 4.79 Å². The minimum Gasteiger partial charge on any atom is -0.374 e. The monoisotopic (exact) mass is 173 g/mol. The highest BCUT2D eigenvalue weighted by Crippen LogP contribution is 2.04. The summed E-state index contributed by atoms with van der Waals surface area (Å²) in [5.41, 5.74) is -0.140.